The minimum absolute atomic E-state index is 0.00626. The zero-order valence-electron chi connectivity index (χ0n) is 10.2. The van der Waals surface area contributed by atoms with Crippen LogP contribution in [-0.2, 0) is 0 Å². The van der Waals surface area contributed by atoms with Gasteiger partial charge in [-0.3, -0.25) is 4.98 Å². The summed E-state index contributed by atoms with van der Waals surface area (Å²) in [4.78, 5) is 10.7. The third kappa shape index (κ3) is 2.15. The Morgan fingerprint density at radius 2 is 2.11 bits per heavy atom. The van der Waals surface area contributed by atoms with Gasteiger partial charge in [0.2, 0.25) is 5.88 Å². The van der Waals surface area contributed by atoms with Gasteiger partial charge in [-0.25, -0.2) is 4.98 Å². The maximum absolute atomic E-state index is 9.86. The first-order chi connectivity index (χ1) is 9.24. The third-order valence-corrected chi connectivity index (χ3v) is 2.71. The van der Waals surface area contributed by atoms with Gasteiger partial charge in [0.15, 0.2) is 11.5 Å². The van der Waals surface area contributed by atoms with E-state index in [1.165, 1.54) is 12.4 Å². The number of aromatic hydroxyl groups is 1. The molecule has 1 aromatic carbocycles. The van der Waals surface area contributed by atoms with Gasteiger partial charge in [0.05, 0.1) is 11.7 Å². The average molecular weight is 253 g/mol. The Hall–Kier alpha value is -2.76. The van der Waals surface area contributed by atoms with E-state index in [9.17, 15) is 5.11 Å². The second-order valence-electron chi connectivity index (χ2n) is 4.13. The molecule has 2 heterocycles. The first-order valence-electron chi connectivity index (χ1n) is 5.73. The predicted octanol–water partition coefficient (Wildman–Crippen LogP) is 3.39. The quantitative estimate of drug-likeness (QED) is 0.686. The van der Waals surface area contributed by atoms with Crippen LogP contribution in [0.25, 0.3) is 10.9 Å². The molecule has 0 atom stereocenters. The lowest BCUT2D eigenvalue weighted by atomic mass is 10.2. The van der Waals surface area contributed by atoms with E-state index in [2.05, 4.69) is 25.2 Å². The third-order valence-electron chi connectivity index (χ3n) is 2.71. The van der Waals surface area contributed by atoms with Crippen LogP contribution in [0, 0.1) is 6.92 Å². The summed E-state index contributed by atoms with van der Waals surface area (Å²) in [6, 6.07) is 5.80. The maximum atomic E-state index is 9.86. The van der Waals surface area contributed by atoms with Gasteiger partial charge >= 0.3 is 0 Å². The van der Waals surface area contributed by atoms with Crippen LogP contribution in [0.15, 0.2) is 47.0 Å². The normalized spacial score (nSPS) is 11.4. The molecule has 0 aliphatic carbocycles. The fourth-order valence-corrected chi connectivity index (χ4v) is 1.82. The van der Waals surface area contributed by atoms with Gasteiger partial charge in [0, 0.05) is 17.8 Å². The van der Waals surface area contributed by atoms with Gasteiger partial charge in [-0.15, -0.1) is 10.2 Å². The molecular weight excluding hydrogens is 242 g/mol. The van der Waals surface area contributed by atoms with Gasteiger partial charge in [-0.05, 0) is 19.1 Å². The molecule has 19 heavy (non-hydrogen) atoms. The highest BCUT2D eigenvalue weighted by Crippen LogP contribution is 2.36. The SMILES string of the molecule is Cc1ccc2[nH]c(O)c(N=Nc3cnccn3)c2c1. The lowest BCUT2D eigenvalue weighted by molar-refractivity contribution is 0.459. The highest BCUT2D eigenvalue weighted by atomic mass is 16.3. The van der Waals surface area contributed by atoms with Crippen LogP contribution in [0.3, 0.4) is 0 Å². The summed E-state index contributed by atoms with van der Waals surface area (Å²) < 4.78 is 0. The molecule has 0 saturated heterocycles. The van der Waals surface area contributed by atoms with Gasteiger partial charge in [-0.1, -0.05) is 11.6 Å². The molecule has 0 aliphatic rings. The van der Waals surface area contributed by atoms with Crippen molar-refractivity contribution in [1.82, 2.24) is 15.0 Å². The van der Waals surface area contributed by atoms with Crippen LogP contribution in [0.4, 0.5) is 11.5 Å². The molecule has 94 valence electrons. The summed E-state index contributed by atoms with van der Waals surface area (Å²) in [6.07, 6.45) is 4.60. The highest BCUT2D eigenvalue weighted by molar-refractivity contribution is 5.94. The summed E-state index contributed by atoms with van der Waals surface area (Å²) in [5.74, 6) is 0.386. The number of aryl methyl sites for hydroxylation is 1. The van der Waals surface area contributed by atoms with Crippen LogP contribution in [0.5, 0.6) is 5.88 Å². The molecule has 0 unspecified atom stereocenters. The van der Waals surface area contributed by atoms with E-state index in [-0.39, 0.29) is 5.88 Å². The summed E-state index contributed by atoms with van der Waals surface area (Å²) in [7, 11) is 0. The van der Waals surface area contributed by atoms with Crippen molar-refractivity contribution in [2.75, 3.05) is 0 Å². The van der Waals surface area contributed by atoms with E-state index >= 15 is 0 Å². The molecule has 0 aliphatic heterocycles. The Labute approximate surface area is 108 Å². The first-order valence-corrected chi connectivity index (χ1v) is 5.73. The van der Waals surface area contributed by atoms with E-state index in [4.69, 9.17) is 0 Å². The second kappa shape index (κ2) is 4.49. The molecule has 3 rings (SSSR count). The van der Waals surface area contributed by atoms with Crippen LogP contribution in [-0.4, -0.2) is 20.1 Å². The number of nitrogens with one attached hydrogen (secondary N) is 1. The largest absolute Gasteiger partial charge is 0.493 e. The maximum Gasteiger partial charge on any atom is 0.218 e. The van der Waals surface area contributed by atoms with Crippen LogP contribution < -0.4 is 0 Å². The molecule has 0 spiro atoms. The molecule has 2 N–H and O–H groups in total. The highest BCUT2D eigenvalue weighted by Gasteiger charge is 2.10. The molecule has 0 saturated carbocycles. The van der Waals surface area contributed by atoms with Crippen molar-refractivity contribution in [2.24, 2.45) is 10.2 Å². The van der Waals surface area contributed by atoms with E-state index < -0.39 is 0 Å². The Bertz CT molecular complexity index is 748. The topological polar surface area (TPSA) is 86.5 Å². The lowest BCUT2D eigenvalue weighted by Gasteiger charge is -1.94. The van der Waals surface area contributed by atoms with E-state index in [1.54, 1.807) is 6.20 Å². The summed E-state index contributed by atoms with van der Waals surface area (Å²) >= 11 is 0. The summed E-state index contributed by atoms with van der Waals surface area (Å²) in [5.41, 5.74) is 2.31. The standard InChI is InChI=1S/C13H11N5O/c1-8-2-3-10-9(6-8)12(13(19)16-10)18-17-11-7-14-4-5-15-11/h2-7,16,19H,1H3. The molecule has 3 aromatic rings. The molecular formula is C13H11N5O. The number of benzene rings is 1. The molecule has 0 fully saturated rings. The number of nitrogens with zero attached hydrogens (tertiary/aromatic N) is 4. The Morgan fingerprint density at radius 3 is 2.89 bits per heavy atom. The van der Waals surface area contributed by atoms with E-state index in [0.29, 0.717) is 11.5 Å². The lowest BCUT2D eigenvalue weighted by Crippen LogP contribution is -1.73. The Kier molecular flexibility index (Phi) is 2.68. The van der Waals surface area contributed by atoms with Crippen molar-refractivity contribution < 1.29 is 5.11 Å². The van der Waals surface area contributed by atoms with Crippen LogP contribution in [0.1, 0.15) is 5.56 Å². The molecule has 6 heteroatoms. The minimum atomic E-state index is -0.00626. The zero-order chi connectivity index (χ0) is 13.2. The Morgan fingerprint density at radius 1 is 1.21 bits per heavy atom. The van der Waals surface area contributed by atoms with Crippen molar-refractivity contribution in [3.8, 4) is 5.88 Å². The fourth-order valence-electron chi connectivity index (χ4n) is 1.82. The van der Waals surface area contributed by atoms with Crippen LogP contribution in [0.2, 0.25) is 0 Å². The Balaban J connectivity index is 2.07. The number of aromatic nitrogens is 3. The van der Waals surface area contributed by atoms with Crippen molar-refractivity contribution in [1.29, 1.82) is 0 Å². The van der Waals surface area contributed by atoms with Gasteiger partial charge < -0.3 is 10.1 Å². The van der Waals surface area contributed by atoms with Crippen molar-refractivity contribution >= 4 is 22.4 Å². The smallest absolute Gasteiger partial charge is 0.218 e. The fraction of sp³-hybridized carbons (Fsp3) is 0.0769. The molecule has 0 amide bonds. The summed E-state index contributed by atoms with van der Waals surface area (Å²) in [5, 5.41) is 18.7. The number of hydrogen-bond acceptors (Lipinski definition) is 5. The van der Waals surface area contributed by atoms with Crippen LogP contribution >= 0.6 is 0 Å². The zero-order valence-corrected chi connectivity index (χ0v) is 10.2. The van der Waals surface area contributed by atoms with Crippen molar-refractivity contribution in [3.05, 3.63) is 42.4 Å². The second-order valence-corrected chi connectivity index (χ2v) is 4.13. The van der Waals surface area contributed by atoms with E-state index in [0.717, 1.165) is 16.5 Å². The van der Waals surface area contributed by atoms with Gasteiger partial charge in [0.25, 0.3) is 0 Å². The number of rotatable bonds is 2. The minimum Gasteiger partial charge on any atom is -0.493 e. The first kappa shape index (κ1) is 11.3. The summed E-state index contributed by atoms with van der Waals surface area (Å²) in [6.45, 7) is 1.98. The molecule has 0 radical (unpaired) electrons. The molecule has 0 bridgehead atoms. The number of aromatic amines is 1. The number of azo groups is 1. The number of H-pyrrole nitrogens is 1. The number of fused-ring (bicyclic) bond motifs is 1. The van der Waals surface area contributed by atoms with Gasteiger partial charge in [0.1, 0.15) is 0 Å². The number of hydrogen-bond donors (Lipinski definition) is 2. The monoisotopic (exact) mass is 253 g/mol. The molecule has 2 aromatic heterocycles. The van der Waals surface area contributed by atoms with Crippen molar-refractivity contribution in [3.63, 3.8) is 0 Å². The van der Waals surface area contributed by atoms with Gasteiger partial charge in [-0.2, -0.15) is 0 Å². The molecule has 6 nitrogen and oxygen atoms in total. The average Bonchev–Trinajstić information content (AvgIpc) is 2.73. The van der Waals surface area contributed by atoms with Crippen molar-refractivity contribution in [2.45, 2.75) is 6.92 Å². The predicted molar refractivity (Wildman–Crippen MR) is 70.9 cm³/mol. The van der Waals surface area contributed by atoms with E-state index in [1.807, 2.05) is 25.1 Å².